The van der Waals surface area contributed by atoms with E-state index < -0.39 is 0 Å². The summed E-state index contributed by atoms with van der Waals surface area (Å²) in [5, 5.41) is 8.37. The second kappa shape index (κ2) is 5.21. The number of rotatable bonds is 4. The minimum Gasteiger partial charge on any atom is -0.272 e. The number of thioether (sulfide) groups is 1. The molecule has 2 nitrogen and oxygen atoms in total. The van der Waals surface area contributed by atoms with Crippen molar-refractivity contribution in [2.45, 2.75) is 30.5 Å². The van der Waals surface area contributed by atoms with Crippen LogP contribution in [-0.2, 0) is 5.75 Å². The van der Waals surface area contributed by atoms with Gasteiger partial charge in [0.2, 0.25) is 0 Å². The van der Waals surface area contributed by atoms with Crippen LogP contribution < -0.4 is 0 Å². The van der Waals surface area contributed by atoms with Gasteiger partial charge in [-0.1, -0.05) is 44.2 Å². The molecule has 1 heterocycles. The van der Waals surface area contributed by atoms with Crippen molar-refractivity contribution in [1.29, 1.82) is 0 Å². The molecule has 0 amide bonds. The molecule has 1 aromatic carbocycles. The van der Waals surface area contributed by atoms with Gasteiger partial charge in [-0.05, 0) is 11.5 Å². The summed E-state index contributed by atoms with van der Waals surface area (Å²) in [6.45, 7) is 4.38. The quantitative estimate of drug-likeness (QED) is 0.812. The average molecular weight is 232 g/mol. The first kappa shape index (κ1) is 11.3. The lowest BCUT2D eigenvalue weighted by atomic mass is 10.1. The number of nitrogens with one attached hydrogen (secondary N) is 1. The Morgan fingerprint density at radius 1 is 1.25 bits per heavy atom. The predicted molar refractivity (Wildman–Crippen MR) is 68.7 cm³/mol. The summed E-state index contributed by atoms with van der Waals surface area (Å²) in [5.74, 6) is 1.51. The molecule has 0 radical (unpaired) electrons. The van der Waals surface area contributed by atoms with E-state index in [0.29, 0.717) is 5.92 Å². The van der Waals surface area contributed by atoms with Crippen LogP contribution in [0.3, 0.4) is 0 Å². The van der Waals surface area contributed by atoms with Gasteiger partial charge < -0.3 is 0 Å². The highest BCUT2D eigenvalue weighted by atomic mass is 32.2. The Hall–Kier alpha value is -1.22. The minimum atomic E-state index is 0.525. The Labute approximate surface area is 100 Å². The first-order valence-electron chi connectivity index (χ1n) is 5.47. The van der Waals surface area contributed by atoms with Crippen LogP contribution in [0.5, 0.6) is 0 Å². The lowest BCUT2D eigenvalue weighted by molar-refractivity contribution is 0.837. The van der Waals surface area contributed by atoms with Gasteiger partial charge in [-0.2, -0.15) is 5.10 Å². The number of hydrogen-bond acceptors (Lipinski definition) is 2. The van der Waals surface area contributed by atoms with Crippen molar-refractivity contribution >= 4 is 11.8 Å². The second-order valence-electron chi connectivity index (χ2n) is 4.08. The molecular formula is C13H16N2S. The Bertz CT molecular complexity index is 434. The molecule has 0 bridgehead atoms. The number of aromatic amines is 1. The molecule has 0 aliphatic rings. The first-order chi connectivity index (χ1) is 7.77. The fourth-order valence-electron chi connectivity index (χ4n) is 1.54. The molecule has 3 heteroatoms. The molecule has 0 atom stereocenters. The van der Waals surface area contributed by atoms with E-state index in [-0.39, 0.29) is 0 Å². The number of H-pyrrole nitrogens is 1. The molecule has 1 aromatic heterocycles. The molecule has 0 spiro atoms. The van der Waals surface area contributed by atoms with Crippen LogP contribution in [0, 0.1) is 0 Å². The van der Waals surface area contributed by atoms with E-state index in [9.17, 15) is 0 Å². The van der Waals surface area contributed by atoms with Crippen molar-refractivity contribution in [2.75, 3.05) is 0 Å². The van der Waals surface area contributed by atoms with E-state index in [1.165, 1.54) is 16.2 Å². The van der Waals surface area contributed by atoms with Crippen LogP contribution in [0.15, 0.2) is 41.6 Å². The maximum absolute atomic E-state index is 4.11. The van der Waals surface area contributed by atoms with E-state index in [0.717, 1.165) is 5.75 Å². The number of hydrogen-bond donors (Lipinski definition) is 1. The van der Waals surface area contributed by atoms with E-state index in [1.807, 2.05) is 24.0 Å². The van der Waals surface area contributed by atoms with Gasteiger partial charge in [-0.25, -0.2) is 0 Å². The third-order valence-electron chi connectivity index (χ3n) is 2.48. The summed E-state index contributed by atoms with van der Waals surface area (Å²) in [4.78, 5) is 0. The largest absolute Gasteiger partial charge is 0.272 e. The molecule has 2 aromatic rings. The topological polar surface area (TPSA) is 28.7 Å². The summed E-state index contributed by atoms with van der Waals surface area (Å²) in [5.41, 5.74) is 2.65. The summed E-state index contributed by atoms with van der Waals surface area (Å²) in [6.07, 6.45) is 1.93. The van der Waals surface area contributed by atoms with E-state index in [4.69, 9.17) is 0 Å². The van der Waals surface area contributed by atoms with E-state index in [1.54, 1.807) is 0 Å². The van der Waals surface area contributed by atoms with E-state index in [2.05, 4.69) is 48.3 Å². The zero-order valence-electron chi connectivity index (χ0n) is 9.60. The van der Waals surface area contributed by atoms with E-state index >= 15 is 0 Å². The molecule has 0 fully saturated rings. The Balaban J connectivity index is 2.02. The molecular weight excluding hydrogens is 216 g/mol. The third kappa shape index (κ3) is 2.67. The molecule has 0 aliphatic carbocycles. The molecule has 0 aliphatic heterocycles. The summed E-state index contributed by atoms with van der Waals surface area (Å²) < 4.78 is 0. The average Bonchev–Trinajstić information content (AvgIpc) is 2.76. The first-order valence-corrected chi connectivity index (χ1v) is 6.46. The van der Waals surface area contributed by atoms with Crippen molar-refractivity contribution < 1.29 is 0 Å². The second-order valence-corrected chi connectivity index (χ2v) is 5.07. The van der Waals surface area contributed by atoms with Crippen molar-refractivity contribution in [3.8, 4) is 0 Å². The minimum absolute atomic E-state index is 0.525. The van der Waals surface area contributed by atoms with Crippen LogP contribution in [0.2, 0.25) is 0 Å². The Morgan fingerprint density at radius 3 is 2.69 bits per heavy atom. The normalized spacial score (nSPS) is 10.9. The maximum Gasteiger partial charge on any atom is 0.0945 e. The molecule has 16 heavy (non-hydrogen) atoms. The van der Waals surface area contributed by atoms with Gasteiger partial charge in [0.1, 0.15) is 0 Å². The molecule has 0 saturated heterocycles. The van der Waals surface area contributed by atoms with Crippen molar-refractivity contribution in [3.05, 3.63) is 47.7 Å². The molecule has 0 unspecified atom stereocenters. The standard InChI is InChI=1S/C13H16N2S/c1-10(2)12-8-14-15-13(12)16-9-11-6-4-3-5-7-11/h3-8,10H,9H2,1-2H3,(H,14,15). The highest BCUT2D eigenvalue weighted by Crippen LogP contribution is 2.28. The number of nitrogens with zero attached hydrogens (tertiary/aromatic N) is 1. The highest BCUT2D eigenvalue weighted by molar-refractivity contribution is 7.98. The van der Waals surface area contributed by atoms with Crippen LogP contribution in [-0.4, -0.2) is 10.2 Å². The van der Waals surface area contributed by atoms with Crippen LogP contribution in [0.1, 0.15) is 30.9 Å². The molecule has 0 saturated carbocycles. The summed E-state index contributed by atoms with van der Waals surface area (Å²) >= 11 is 1.82. The number of benzene rings is 1. The van der Waals surface area contributed by atoms with Crippen LogP contribution in [0.4, 0.5) is 0 Å². The predicted octanol–water partition coefficient (Wildman–Crippen LogP) is 3.83. The van der Waals surface area contributed by atoms with Gasteiger partial charge in [0.25, 0.3) is 0 Å². The molecule has 84 valence electrons. The summed E-state index contributed by atoms with van der Waals surface area (Å²) in [7, 11) is 0. The zero-order chi connectivity index (χ0) is 11.4. The fourth-order valence-corrected chi connectivity index (χ4v) is 2.62. The third-order valence-corrected chi connectivity index (χ3v) is 3.57. The molecule has 2 rings (SSSR count). The van der Waals surface area contributed by atoms with Gasteiger partial charge >= 0.3 is 0 Å². The van der Waals surface area contributed by atoms with Crippen molar-refractivity contribution in [2.24, 2.45) is 0 Å². The van der Waals surface area contributed by atoms with Crippen LogP contribution >= 0.6 is 11.8 Å². The van der Waals surface area contributed by atoms with Gasteiger partial charge in [0.15, 0.2) is 0 Å². The molecule has 1 N–H and O–H groups in total. The van der Waals surface area contributed by atoms with Crippen LogP contribution in [0.25, 0.3) is 0 Å². The Kier molecular flexibility index (Phi) is 3.67. The van der Waals surface area contributed by atoms with Gasteiger partial charge in [0.05, 0.1) is 11.2 Å². The zero-order valence-corrected chi connectivity index (χ0v) is 10.4. The highest BCUT2D eigenvalue weighted by Gasteiger charge is 2.09. The number of aromatic nitrogens is 2. The van der Waals surface area contributed by atoms with Crippen molar-refractivity contribution in [3.63, 3.8) is 0 Å². The van der Waals surface area contributed by atoms with Gasteiger partial charge in [0, 0.05) is 11.3 Å². The lowest BCUT2D eigenvalue weighted by Gasteiger charge is -2.05. The van der Waals surface area contributed by atoms with Crippen molar-refractivity contribution in [1.82, 2.24) is 10.2 Å². The fraction of sp³-hybridized carbons (Fsp3) is 0.308. The SMILES string of the molecule is CC(C)c1cn[nH]c1SCc1ccccc1. The smallest absolute Gasteiger partial charge is 0.0945 e. The Morgan fingerprint density at radius 2 is 2.00 bits per heavy atom. The summed E-state index contributed by atoms with van der Waals surface area (Å²) in [6, 6.07) is 10.5. The van der Waals surface area contributed by atoms with Gasteiger partial charge in [-0.3, -0.25) is 5.10 Å². The maximum atomic E-state index is 4.11. The lowest BCUT2D eigenvalue weighted by Crippen LogP contribution is -1.88. The van der Waals surface area contributed by atoms with Gasteiger partial charge in [-0.15, -0.1) is 11.8 Å². The monoisotopic (exact) mass is 232 g/mol.